The van der Waals surface area contributed by atoms with E-state index in [9.17, 15) is 0 Å². The first-order valence-corrected chi connectivity index (χ1v) is 7.31. The second kappa shape index (κ2) is 6.76. The molecule has 114 valence electrons. The van der Waals surface area contributed by atoms with Gasteiger partial charge >= 0.3 is 0 Å². The zero-order valence-electron chi connectivity index (χ0n) is 13.5. The molecule has 2 aromatic heterocycles. The van der Waals surface area contributed by atoms with Crippen molar-refractivity contribution in [3.63, 3.8) is 0 Å². The lowest BCUT2D eigenvalue weighted by Crippen LogP contribution is -2.15. The van der Waals surface area contributed by atoms with Crippen LogP contribution in [0, 0.1) is 0 Å². The molecule has 1 N–H and O–H groups in total. The smallest absolute Gasteiger partial charge is 0.178 e. The van der Waals surface area contributed by atoms with Crippen LogP contribution in [0.5, 0.6) is 0 Å². The van der Waals surface area contributed by atoms with Gasteiger partial charge in [0.15, 0.2) is 5.65 Å². The molecular formula is C15H24N6. The van der Waals surface area contributed by atoms with Crippen molar-refractivity contribution in [2.24, 2.45) is 10.2 Å². The Balaban J connectivity index is 2.32. The second-order valence-electron chi connectivity index (χ2n) is 5.71. The number of hydrogen-bond donors (Lipinski definition) is 1. The highest BCUT2D eigenvalue weighted by molar-refractivity contribution is 5.75. The van der Waals surface area contributed by atoms with Crippen LogP contribution in [-0.2, 0) is 0 Å². The highest BCUT2D eigenvalue weighted by Crippen LogP contribution is 2.27. The molecule has 0 aliphatic heterocycles. The van der Waals surface area contributed by atoms with Crippen LogP contribution in [0.1, 0.15) is 43.6 Å². The Kier molecular flexibility index (Phi) is 5.01. The number of pyridine rings is 1. The molecule has 0 aliphatic rings. The van der Waals surface area contributed by atoms with E-state index in [1.54, 1.807) is 7.05 Å². The number of nitrogens with zero attached hydrogens (tertiary/aromatic N) is 5. The van der Waals surface area contributed by atoms with Gasteiger partial charge in [0.2, 0.25) is 0 Å². The molecule has 0 saturated carbocycles. The monoisotopic (exact) mass is 288 g/mol. The van der Waals surface area contributed by atoms with E-state index in [1.807, 2.05) is 13.1 Å². The van der Waals surface area contributed by atoms with Gasteiger partial charge in [0.05, 0.1) is 5.52 Å². The molecule has 6 nitrogen and oxygen atoms in total. The first-order valence-electron chi connectivity index (χ1n) is 7.31. The third kappa shape index (κ3) is 3.64. The summed E-state index contributed by atoms with van der Waals surface area (Å²) < 4.78 is 0. The molecule has 6 heteroatoms. The van der Waals surface area contributed by atoms with Crippen LogP contribution in [0.4, 0.5) is 0 Å². The van der Waals surface area contributed by atoms with E-state index in [0.29, 0.717) is 5.92 Å². The van der Waals surface area contributed by atoms with Crippen LogP contribution in [0.2, 0.25) is 0 Å². The fourth-order valence-electron chi connectivity index (χ4n) is 2.39. The van der Waals surface area contributed by atoms with Gasteiger partial charge in [-0.3, -0.25) is 0 Å². The summed E-state index contributed by atoms with van der Waals surface area (Å²) >= 11 is 0. The van der Waals surface area contributed by atoms with Crippen LogP contribution in [0.3, 0.4) is 0 Å². The fraction of sp³-hybridized carbons (Fsp3) is 0.600. The summed E-state index contributed by atoms with van der Waals surface area (Å²) in [6.07, 6.45) is 2.94. The molecule has 0 saturated heterocycles. The zero-order chi connectivity index (χ0) is 15.4. The van der Waals surface area contributed by atoms with Gasteiger partial charge in [-0.25, -0.2) is 9.97 Å². The van der Waals surface area contributed by atoms with Gasteiger partial charge in [0, 0.05) is 13.2 Å². The Bertz CT molecular complexity index is 616. The second-order valence-corrected chi connectivity index (χ2v) is 5.71. The third-order valence-corrected chi connectivity index (χ3v) is 3.67. The van der Waals surface area contributed by atoms with E-state index >= 15 is 0 Å². The van der Waals surface area contributed by atoms with Crippen LogP contribution >= 0.6 is 0 Å². The number of rotatable bonds is 6. The van der Waals surface area contributed by atoms with Crippen molar-refractivity contribution in [2.45, 2.75) is 32.2 Å². The Labute approximate surface area is 125 Å². The highest BCUT2D eigenvalue weighted by Gasteiger charge is 2.16. The van der Waals surface area contributed by atoms with E-state index in [1.165, 1.54) is 5.56 Å². The van der Waals surface area contributed by atoms with E-state index in [0.717, 1.165) is 30.0 Å². The SMILES string of the molecule is CN=NC(C)c1nc2nccc(C(C)CCN(C)C)c2[nH]1. The summed E-state index contributed by atoms with van der Waals surface area (Å²) in [5, 5.41) is 7.95. The predicted molar refractivity (Wildman–Crippen MR) is 84.7 cm³/mol. The Hall–Kier alpha value is -1.82. The molecule has 2 unspecified atom stereocenters. The molecule has 0 fully saturated rings. The number of imidazole rings is 1. The van der Waals surface area contributed by atoms with Crippen LogP contribution in [-0.4, -0.2) is 47.5 Å². The molecule has 0 spiro atoms. The molecule has 2 aromatic rings. The Morgan fingerprint density at radius 2 is 2.10 bits per heavy atom. The van der Waals surface area contributed by atoms with E-state index in [2.05, 4.69) is 57.2 Å². The van der Waals surface area contributed by atoms with Gasteiger partial charge in [-0.15, -0.1) is 0 Å². The standard InChI is InChI=1S/C15H24N6/c1-10(7-9-21(4)5)12-6-8-17-15-13(12)18-14(19-15)11(2)20-16-3/h6,8,10-11H,7,9H2,1-5H3,(H,17,18,19). The molecule has 0 bridgehead atoms. The minimum absolute atomic E-state index is 0.0749. The molecule has 0 aromatic carbocycles. The molecule has 2 atom stereocenters. The third-order valence-electron chi connectivity index (χ3n) is 3.67. The molecule has 0 aliphatic carbocycles. The van der Waals surface area contributed by atoms with Gasteiger partial charge in [-0.1, -0.05) is 6.92 Å². The van der Waals surface area contributed by atoms with Crippen LogP contribution < -0.4 is 0 Å². The number of fused-ring (bicyclic) bond motifs is 1. The molecule has 0 radical (unpaired) electrons. The normalized spacial score (nSPS) is 15.1. The number of H-pyrrole nitrogens is 1. The first kappa shape index (κ1) is 15.6. The quantitative estimate of drug-likeness (QED) is 0.830. The van der Waals surface area contributed by atoms with Gasteiger partial charge in [0.1, 0.15) is 11.9 Å². The van der Waals surface area contributed by atoms with E-state index in [-0.39, 0.29) is 6.04 Å². The number of hydrogen-bond acceptors (Lipinski definition) is 5. The van der Waals surface area contributed by atoms with Crippen molar-refractivity contribution in [1.29, 1.82) is 0 Å². The highest BCUT2D eigenvalue weighted by atomic mass is 15.1. The van der Waals surface area contributed by atoms with Gasteiger partial charge < -0.3 is 9.88 Å². The minimum atomic E-state index is -0.0749. The first-order chi connectivity index (χ1) is 10.0. The average Bonchev–Trinajstić information content (AvgIpc) is 2.88. The average molecular weight is 288 g/mol. The lowest BCUT2D eigenvalue weighted by molar-refractivity contribution is 0.386. The summed E-state index contributed by atoms with van der Waals surface area (Å²) in [6.45, 7) is 5.28. The summed E-state index contributed by atoms with van der Waals surface area (Å²) in [5.74, 6) is 1.27. The van der Waals surface area contributed by atoms with E-state index < -0.39 is 0 Å². The minimum Gasteiger partial charge on any atom is -0.338 e. The van der Waals surface area contributed by atoms with Crippen molar-refractivity contribution in [3.05, 3.63) is 23.7 Å². The molecule has 2 rings (SSSR count). The molecule has 21 heavy (non-hydrogen) atoms. The molecule has 0 amide bonds. The van der Waals surface area contributed by atoms with Crippen molar-refractivity contribution in [2.75, 3.05) is 27.7 Å². The maximum absolute atomic E-state index is 4.54. The van der Waals surface area contributed by atoms with Crippen molar-refractivity contribution in [1.82, 2.24) is 19.9 Å². The topological polar surface area (TPSA) is 69.5 Å². The zero-order valence-corrected chi connectivity index (χ0v) is 13.5. The number of azo groups is 1. The van der Waals surface area contributed by atoms with Gasteiger partial charge in [-0.05, 0) is 51.5 Å². The maximum Gasteiger partial charge on any atom is 0.178 e. The van der Waals surface area contributed by atoms with Gasteiger partial charge in [0.25, 0.3) is 0 Å². The Morgan fingerprint density at radius 3 is 2.76 bits per heavy atom. The molecule has 2 heterocycles. The van der Waals surface area contributed by atoms with Crippen molar-refractivity contribution in [3.8, 4) is 0 Å². The lowest BCUT2D eigenvalue weighted by Gasteiger charge is -2.15. The molecular weight excluding hydrogens is 264 g/mol. The van der Waals surface area contributed by atoms with E-state index in [4.69, 9.17) is 0 Å². The van der Waals surface area contributed by atoms with Gasteiger partial charge in [-0.2, -0.15) is 10.2 Å². The van der Waals surface area contributed by atoms with Crippen LogP contribution in [0.15, 0.2) is 22.5 Å². The summed E-state index contributed by atoms with van der Waals surface area (Å²) in [5.41, 5.74) is 3.05. The fourth-order valence-corrected chi connectivity index (χ4v) is 2.39. The largest absolute Gasteiger partial charge is 0.338 e. The maximum atomic E-state index is 4.54. The summed E-state index contributed by atoms with van der Waals surface area (Å²) in [7, 11) is 5.87. The lowest BCUT2D eigenvalue weighted by atomic mass is 9.98. The Morgan fingerprint density at radius 1 is 1.33 bits per heavy atom. The van der Waals surface area contributed by atoms with Crippen LogP contribution in [0.25, 0.3) is 11.2 Å². The number of aromatic nitrogens is 3. The summed E-state index contributed by atoms with van der Waals surface area (Å²) in [4.78, 5) is 14.5. The summed E-state index contributed by atoms with van der Waals surface area (Å²) in [6, 6.07) is 2.01. The predicted octanol–water partition coefficient (Wildman–Crippen LogP) is 3.16. The van der Waals surface area contributed by atoms with Crippen molar-refractivity contribution < 1.29 is 0 Å². The number of nitrogens with one attached hydrogen (secondary N) is 1. The number of aromatic amines is 1. The van der Waals surface area contributed by atoms with Crippen molar-refractivity contribution >= 4 is 11.2 Å².